The molecule has 4 bridgehead atoms. The Labute approximate surface area is 172 Å². The third-order valence-corrected chi connectivity index (χ3v) is 8.41. The minimum absolute atomic E-state index is 0.236. The van der Waals surface area contributed by atoms with Crippen LogP contribution in [0, 0.1) is 17.8 Å². The highest BCUT2D eigenvalue weighted by molar-refractivity contribution is 7.89. The number of methoxy groups -OCH3 is 1. The van der Waals surface area contributed by atoms with E-state index in [1.807, 2.05) is 24.3 Å². The van der Waals surface area contributed by atoms with Crippen LogP contribution in [-0.2, 0) is 10.0 Å². The maximum atomic E-state index is 13.1. The zero-order chi connectivity index (χ0) is 20.1. The van der Waals surface area contributed by atoms with Gasteiger partial charge in [-0.2, -0.15) is 0 Å². The molecule has 4 aliphatic carbocycles. The Kier molecular flexibility index (Phi) is 4.59. The predicted molar refractivity (Wildman–Crippen MR) is 111 cm³/mol. The summed E-state index contributed by atoms with van der Waals surface area (Å²) >= 11 is 0. The van der Waals surface area contributed by atoms with Crippen LogP contribution in [0.5, 0.6) is 17.2 Å². The topological polar surface area (TPSA) is 64.6 Å². The molecule has 0 aromatic heterocycles. The number of benzene rings is 2. The van der Waals surface area contributed by atoms with E-state index in [0.29, 0.717) is 39.9 Å². The molecule has 4 aliphatic rings. The third kappa shape index (κ3) is 3.64. The quantitative estimate of drug-likeness (QED) is 0.743. The van der Waals surface area contributed by atoms with Crippen LogP contribution in [0.3, 0.4) is 0 Å². The molecule has 0 spiro atoms. The van der Waals surface area contributed by atoms with E-state index in [1.165, 1.54) is 19.3 Å². The minimum Gasteiger partial charge on any atom is -0.493 e. The fourth-order valence-corrected chi connectivity index (χ4v) is 7.53. The molecule has 29 heavy (non-hydrogen) atoms. The second-order valence-corrected chi connectivity index (χ2v) is 10.7. The van der Waals surface area contributed by atoms with Gasteiger partial charge in [0.05, 0.1) is 12.0 Å². The maximum absolute atomic E-state index is 13.1. The van der Waals surface area contributed by atoms with Crippen LogP contribution in [0.15, 0.2) is 53.4 Å². The fourth-order valence-electron chi connectivity index (χ4n) is 6.10. The summed E-state index contributed by atoms with van der Waals surface area (Å²) < 4.78 is 40.5. The minimum atomic E-state index is -3.56. The standard InChI is InChI=1S/C23H27NO4S/c1-27-21-4-2-3-5-22(21)28-19-6-8-20(9-7-19)29(25,26)24-23-13-16-10-17(14-23)12-18(11-16)15-23/h2-9,16-18,24H,10-15H2,1H3. The predicted octanol–water partition coefficient (Wildman–Crippen LogP) is 4.73. The van der Waals surface area contributed by atoms with Crippen LogP contribution in [0.2, 0.25) is 0 Å². The molecule has 0 amide bonds. The van der Waals surface area contributed by atoms with Crippen molar-refractivity contribution in [2.24, 2.45) is 17.8 Å². The van der Waals surface area contributed by atoms with Gasteiger partial charge in [0, 0.05) is 5.54 Å². The van der Waals surface area contributed by atoms with Gasteiger partial charge in [-0.25, -0.2) is 13.1 Å². The highest BCUT2D eigenvalue weighted by Crippen LogP contribution is 2.56. The van der Waals surface area contributed by atoms with E-state index >= 15 is 0 Å². The van der Waals surface area contributed by atoms with Gasteiger partial charge in [-0.05, 0) is 92.7 Å². The molecule has 0 unspecified atom stereocenters. The summed E-state index contributed by atoms with van der Waals surface area (Å²) in [6, 6.07) is 14.0. The van der Waals surface area contributed by atoms with Crippen molar-refractivity contribution in [3.8, 4) is 17.2 Å². The summed E-state index contributed by atoms with van der Waals surface area (Å²) in [5.41, 5.74) is -0.236. The van der Waals surface area contributed by atoms with Crippen molar-refractivity contribution < 1.29 is 17.9 Å². The van der Waals surface area contributed by atoms with Gasteiger partial charge in [-0.1, -0.05) is 12.1 Å². The van der Waals surface area contributed by atoms with Crippen molar-refractivity contribution >= 4 is 10.0 Å². The molecule has 6 rings (SSSR count). The monoisotopic (exact) mass is 413 g/mol. The van der Waals surface area contributed by atoms with Crippen molar-refractivity contribution in [2.45, 2.75) is 49.0 Å². The van der Waals surface area contributed by atoms with Gasteiger partial charge >= 0.3 is 0 Å². The lowest BCUT2D eigenvalue weighted by Gasteiger charge is -2.56. The highest BCUT2D eigenvalue weighted by atomic mass is 32.2. The molecule has 0 radical (unpaired) electrons. The van der Waals surface area contributed by atoms with Crippen LogP contribution < -0.4 is 14.2 Å². The van der Waals surface area contributed by atoms with Crippen LogP contribution in [-0.4, -0.2) is 21.1 Å². The summed E-state index contributed by atoms with van der Waals surface area (Å²) in [4.78, 5) is 0.292. The molecule has 4 saturated carbocycles. The smallest absolute Gasteiger partial charge is 0.241 e. The maximum Gasteiger partial charge on any atom is 0.241 e. The lowest BCUT2D eigenvalue weighted by molar-refractivity contribution is -0.00810. The average molecular weight is 414 g/mol. The number of sulfonamides is 1. The zero-order valence-corrected chi connectivity index (χ0v) is 17.5. The van der Waals surface area contributed by atoms with Crippen LogP contribution in [0.25, 0.3) is 0 Å². The van der Waals surface area contributed by atoms with E-state index in [4.69, 9.17) is 9.47 Å². The SMILES string of the molecule is COc1ccccc1Oc1ccc(S(=O)(=O)NC23CC4CC(CC(C4)C2)C3)cc1. The lowest BCUT2D eigenvalue weighted by atomic mass is 9.53. The number of hydrogen-bond acceptors (Lipinski definition) is 4. The third-order valence-electron chi connectivity index (χ3n) is 6.82. The van der Waals surface area contributed by atoms with Crippen LogP contribution in [0.4, 0.5) is 0 Å². The lowest BCUT2D eigenvalue weighted by Crippen LogP contribution is -2.59. The fraction of sp³-hybridized carbons (Fsp3) is 0.478. The number of ether oxygens (including phenoxy) is 2. The second kappa shape index (κ2) is 7.03. The number of para-hydroxylation sites is 2. The first-order valence-electron chi connectivity index (χ1n) is 10.4. The molecule has 1 N–H and O–H groups in total. The molecule has 0 saturated heterocycles. The van der Waals surface area contributed by atoms with Crippen LogP contribution in [0.1, 0.15) is 38.5 Å². The first-order valence-corrected chi connectivity index (χ1v) is 11.9. The molecular formula is C23H27NO4S. The molecule has 2 aromatic rings. The van der Waals surface area contributed by atoms with Gasteiger partial charge in [0.25, 0.3) is 0 Å². The van der Waals surface area contributed by atoms with Gasteiger partial charge < -0.3 is 9.47 Å². The van der Waals surface area contributed by atoms with Gasteiger partial charge in [0.2, 0.25) is 10.0 Å². The average Bonchev–Trinajstić information content (AvgIpc) is 2.67. The van der Waals surface area contributed by atoms with E-state index in [2.05, 4.69) is 4.72 Å². The Bertz CT molecular complexity index is 965. The zero-order valence-electron chi connectivity index (χ0n) is 16.6. The second-order valence-electron chi connectivity index (χ2n) is 9.03. The van der Waals surface area contributed by atoms with Crippen LogP contribution >= 0.6 is 0 Å². The Hall–Kier alpha value is -2.05. The van der Waals surface area contributed by atoms with E-state index in [0.717, 1.165) is 19.3 Å². The molecule has 0 heterocycles. The molecule has 2 aromatic carbocycles. The van der Waals surface area contributed by atoms with Crippen molar-refractivity contribution in [1.82, 2.24) is 4.72 Å². The molecule has 6 heteroatoms. The Balaban J connectivity index is 1.33. The first kappa shape index (κ1) is 18.9. The van der Waals surface area contributed by atoms with Crippen molar-refractivity contribution in [3.05, 3.63) is 48.5 Å². The largest absolute Gasteiger partial charge is 0.493 e. The summed E-state index contributed by atoms with van der Waals surface area (Å²) in [5.74, 6) is 3.88. The number of hydrogen-bond donors (Lipinski definition) is 1. The number of nitrogens with one attached hydrogen (secondary N) is 1. The van der Waals surface area contributed by atoms with E-state index in [1.54, 1.807) is 31.4 Å². The van der Waals surface area contributed by atoms with Crippen molar-refractivity contribution in [1.29, 1.82) is 0 Å². The van der Waals surface area contributed by atoms with E-state index < -0.39 is 10.0 Å². The normalized spacial score (nSPS) is 30.3. The summed E-state index contributed by atoms with van der Waals surface area (Å²) in [5, 5.41) is 0. The Morgan fingerprint density at radius 2 is 1.41 bits per heavy atom. The summed E-state index contributed by atoms with van der Waals surface area (Å²) in [7, 11) is -1.96. The molecule has 154 valence electrons. The first-order chi connectivity index (χ1) is 13.9. The van der Waals surface area contributed by atoms with E-state index in [9.17, 15) is 8.42 Å². The van der Waals surface area contributed by atoms with Gasteiger partial charge in [-0.3, -0.25) is 0 Å². The van der Waals surface area contributed by atoms with Crippen molar-refractivity contribution in [2.75, 3.05) is 7.11 Å². The Morgan fingerprint density at radius 1 is 0.862 bits per heavy atom. The highest BCUT2D eigenvalue weighted by Gasteiger charge is 2.52. The summed E-state index contributed by atoms with van der Waals surface area (Å²) in [6.07, 6.45) is 6.84. The number of rotatable bonds is 6. The van der Waals surface area contributed by atoms with Gasteiger partial charge in [0.15, 0.2) is 11.5 Å². The van der Waals surface area contributed by atoms with Crippen molar-refractivity contribution in [3.63, 3.8) is 0 Å². The van der Waals surface area contributed by atoms with Gasteiger partial charge in [0.1, 0.15) is 5.75 Å². The molecule has 0 aliphatic heterocycles. The molecule has 5 nitrogen and oxygen atoms in total. The van der Waals surface area contributed by atoms with E-state index in [-0.39, 0.29) is 5.54 Å². The molecule has 0 atom stereocenters. The molecule has 4 fully saturated rings. The summed E-state index contributed by atoms with van der Waals surface area (Å²) in [6.45, 7) is 0. The molecular weight excluding hydrogens is 386 g/mol. The Morgan fingerprint density at radius 3 is 1.97 bits per heavy atom. The van der Waals surface area contributed by atoms with Gasteiger partial charge in [-0.15, -0.1) is 0 Å².